The summed E-state index contributed by atoms with van der Waals surface area (Å²) in [5.74, 6) is -1.17. The zero-order valence-electron chi connectivity index (χ0n) is 20.9. The Labute approximate surface area is 206 Å². The van der Waals surface area contributed by atoms with E-state index in [1.54, 1.807) is 0 Å². The third-order valence-corrected chi connectivity index (χ3v) is 6.20. The molecule has 1 aromatic heterocycles. The van der Waals surface area contributed by atoms with Crippen LogP contribution in [0.1, 0.15) is 25.0 Å². The molecule has 0 saturated carbocycles. The minimum absolute atomic E-state index is 0.0445. The molecule has 1 aliphatic heterocycles. The molecule has 1 aromatic carbocycles. The molecule has 0 saturated heterocycles. The topological polar surface area (TPSA) is 103 Å². The molecule has 2 N–H and O–H groups in total. The van der Waals surface area contributed by atoms with Crippen LogP contribution in [0.25, 0.3) is 16.5 Å². The van der Waals surface area contributed by atoms with Gasteiger partial charge in [0.05, 0.1) is 13.0 Å². The smallest absolute Gasteiger partial charge is 0.329 e. The second-order valence-electron chi connectivity index (χ2n) is 8.21. The van der Waals surface area contributed by atoms with E-state index < -0.39 is 11.9 Å². The number of methoxy groups -OCH3 is 1. The molecule has 35 heavy (non-hydrogen) atoms. The predicted molar refractivity (Wildman–Crippen MR) is 138 cm³/mol. The van der Waals surface area contributed by atoms with Gasteiger partial charge in [0.15, 0.2) is 0 Å². The Morgan fingerprint density at radius 2 is 1.89 bits per heavy atom. The van der Waals surface area contributed by atoms with Gasteiger partial charge in [-0.05, 0) is 50.1 Å². The van der Waals surface area contributed by atoms with E-state index in [1.165, 1.54) is 34.7 Å². The molecular weight excluding hydrogens is 446 g/mol. The maximum Gasteiger partial charge on any atom is 0.329 e. The standard InChI is InChI=1S/C20H25N3O.C4H6O2.C3H4O2/c1-4-23(5-2)20(24)14-9-16-15-7-6-8-17-19(15)13(11-21-17)10-18(16)22(3)12-14;1-3-4(5)6-2;1-2-3(4)5/h6-9,11,14,18,21H,4-5,10,12H2,1-3H3;3H,1H2,2H3;2H,1H2,(H,4,5)/t14-,18-;;/m1../s1. The third kappa shape index (κ3) is 6.48. The number of carbonyl (C=O) groups is 3. The number of likely N-dealkylation sites (N-methyl/N-ethyl adjacent to an activating group) is 1. The van der Waals surface area contributed by atoms with Crippen molar-refractivity contribution in [1.82, 2.24) is 14.8 Å². The zero-order chi connectivity index (χ0) is 26.1. The lowest BCUT2D eigenvalue weighted by molar-refractivity contribution is -0.135. The number of aromatic amines is 1. The van der Waals surface area contributed by atoms with E-state index in [4.69, 9.17) is 5.11 Å². The van der Waals surface area contributed by atoms with Crippen LogP contribution in [0.2, 0.25) is 0 Å². The second-order valence-corrected chi connectivity index (χ2v) is 8.21. The Morgan fingerprint density at radius 1 is 1.23 bits per heavy atom. The van der Waals surface area contributed by atoms with Gasteiger partial charge in [0.2, 0.25) is 5.91 Å². The fraction of sp³-hybridized carbons (Fsp3) is 0.370. The Bertz CT molecular complexity index is 1110. The average molecular weight is 482 g/mol. The van der Waals surface area contributed by atoms with Crippen LogP contribution in [0.3, 0.4) is 0 Å². The summed E-state index contributed by atoms with van der Waals surface area (Å²) in [7, 11) is 3.46. The van der Waals surface area contributed by atoms with Crippen molar-refractivity contribution in [2.75, 3.05) is 33.8 Å². The molecule has 188 valence electrons. The number of rotatable bonds is 5. The number of aromatic nitrogens is 1. The second kappa shape index (κ2) is 12.7. The first-order valence-corrected chi connectivity index (χ1v) is 11.6. The number of nitrogens with zero attached hydrogens (tertiary/aromatic N) is 2. The van der Waals surface area contributed by atoms with Crippen molar-refractivity contribution in [2.24, 2.45) is 5.92 Å². The molecule has 1 aliphatic carbocycles. The zero-order valence-corrected chi connectivity index (χ0v) is 20.9. The van der Waals surface area contributed by atoms with E-state index in [0.29, 0.717) is 6.04 Å². The Balaban J connectivity index is 0.000000331. The van der Waals surface area contributed by atoms with Gasteiger partial charge in [-0.1, -0.05) is 31.4 Å². The summed E-state index contributed by atoms with van der Waals surface area (Å²) >= 11 is 0. The first-order valence-electron chi connectivity index (χ1n) is 11.6. The molecule has 2 aliphatic rings. The molecule has 0 fully saturated rings. The Morgan fingerprint density at radius 3 is 2.40 bits per heavy atom. The number of hydrogen-bond donors (Lipinski definition) is 2. The van der Waals surface area contributed by atoms with Crippen molar-refractivity contribution in [3.63, 3.8) is 0 Å². The van der Waals surface area contributed by atoms with Gasteiger partial charge >= 0.3 is 11.9 Å². The highest BCUT2D eigenvalue weighted by molar-refractivity contribution is 5.99. The summed E-state index contributed by atoms with van der Waals surface area (Å²) in [6, 6.07) is 6.82. The molecule has 4 rings (SSSR count). The first-order chi connectivity index (χ1) is 16.7. The minimum Gasteiger partial charge on any atom is -0.478 e. The molecule has 0 spiro atoms. The van der Waals surface area contributed by atoms with Crippen LogP contribution in [0.5, 0.6) is 0 Å². The predicted octanol–water partition coefficient (Wildman–Crippen LogP) is 3.51. The quantitative estimate of drug-likeness (QED) is 0.501. The van der Waals surface area contributed by atoms with Crippen LogP contribution in [0.4, 0.5) is 0 Å². The highest BCUT2D eigenvalue weighted by Gasteiger charge is 2.36. The van der Waals surface area contributed by atoms with Crippen LogP contribution < -0.4 is 0 Å². The van der Waals surface area contributed by atoms with Gasteiger partial charge < -0.3 is 19.7 Å². The molecule has 0 unspecified atom stereocenters. The summed E-state index contributed by atoms with van der Waals surface area (Å²) in [5.41, 5.74) is 5.21. The van der Waals surface area contributed by atoms with Gasteiger partial charge in [0.1, 0.15) is 0 Å². The normalized spacial score (nSPS) is 17.9. The lowest BCUT2D eigenvalue weighted by atomic mass is 9.79. The van der Waals surface area contributed by atoms with Crippen molar-refractivity contribution >= 4 is 34.3 Å². The molecule has 0 radical (unpaired) electrons. The van der Waals surface area contributed by atoms with E-state index in [0.717, 1.165) is 38.2 Å². The number of aliphatic carboxylic acids is 1. The summed E-state index contributed by atoms with van der Waals surface area (Å²) in [6.45, 7) is 12.6. The first kappa shape index (κ1) is 27.6. The number of nitrogens with one attached hydrogen (secondary N) is 1. The number of benzene rings is 1. The van der Waals surface area contributed by atoms with Crippen molar-refractivity contribution in [1.29, 1.82) is 0 Å². The van der Waals surface area contributed by atoms with Crippen LogP contribution in [-0.4, -0.2) is 77.6 Å². The third-order valence-electron chi connectivity index (χ3n) is 6.20. The fourth-order valence-corrected chi connectivity index (χ4v) is 4.46. The van der Waals surface area contributed by atoms with Crippen LogP contribution in [0, 0.1) is 5.92 Å². The molecule has 2 aromatic rings. The monoisotopic (exact) mass is 481 g/mol. The lowest BCUT2D eigenvalue weighted by Crippen LogP contribution is -2.47. The van der Waals surface area contributed by atoms with Crippen molar-refractivity contribution in [2.45, 2.75) is 26.3 Å². The maximum atomic E-state index is 12.9. The number of H-pyrrole nitrogens is 1. The van der Waals surface area contributed by atoms with Gasteiger partial charge in [-0.3, -0.25) is 9.69 Å². The van der Waals surface area contributed by atoms with Crippen LogP contribution in [0.15, 0.2) is 55.8 Å². The summed E-state index contributed by atoms with van der Waals surface area (Å²) in [4.78, 5) is 39.7. The van der Waals surface area contributed by atoms with E-state index in [9.17, 15) is 14.4 Å². The minimum atomic E-state index is -0.981. The Hall–Kier alpha value is -3.65. The van der Waals surface area contributed by atoms with Crippen molar-refractivity contribution in [3.8, 4) is 0 Å². The number of amides is 1. The van der Waals surface area contributed by atoms with Gasteiger partial charge in [-0.15, -0.1) is 0 Å². The molecule has 0 bridgehead atoms. The van der Waals surface area contributed by atoms with Crippen LogP contribution in [-0.2, 0) is 25.5 Å². The largest absolute Gasteiger partial charge is 0.478 e. The highest BCUT2D eigenvalue weighted by atomic mass is 16.5. The molecular formula is C27H35N3O5. The van der Waals surface area contributed by atoms with Gasteiger partial charge in [-0.2, -0.15) is 0 Å². The van der Waals surface area contributed by atoms with Gasteiger partial charge in [0.25, 0.3) is 0 Å². The number of ether oxygens (including phenoxy) is 1. The number of esters is 1. The van der Waals surface area contributed by atoms with Crippen molar-refractivity contribution in [3.05, 3.63) is 66.9 Å². The maximum absolute atomic E-state index is 12.9. The molecule has 1 amide bonds. The molecule has 2 heterocycles. The molecule has 8 nitrogen and oxygen atoms in total. The van der Waals surface area contributed by atoms with Crippen molar-refractivity contribution < 1.29 is 24.2 Å². The number of carboxylic acids is 1. The van der Waals surface area contributed by atoms with Gasteiger partial charge in [-0.25, -0.2) is 9.59 Å². The highest BCUT2D eigenvalue weighted by Crippen LogP contribution is 2.40. The summed E-state index contributed by atoms with van der Waals surface area (Å²) in [5, 5.41) is 8.94. The fourth-order valence-electron chi connectivity index (χ4n) is 4.46. The number of carbonyl (C=O) groups excluding carboxylic acids is 2. The van der Waals surface area contributed by atoms with Crippen LogP contribution >= 0.6 is 0 Å². The van der Waals surface area contributed by atoms with E-state index in [-0.39, 0.29) is 11.8 Å². The molecule has 8 heteroatoms. The summed E-state index contributed by atoms with van der Waals surface area (Å²) in [6.07, 6.45) is 7.35. The van der Waals surface area contributed by atoms with Gasteiger partial charge in [0, 0.05) is 54.9 Å². The average Bonchev–Trinajstić information content (AvgIpc) is 3.29. The summed E-state index contributed by atoms with van der Waals surface area (Å²) < 4.78 is 4.14. The Kier molecular flexibility index (Phi) is 10.0. The number of hydrogen-bond acceptors (Lipinski definition) is 5. The van der Waals surface area contributed by atoms with E-state index in [1.807, 2.05) is 4.90 Å². The number of fused-ring (bicyclic) bond motifs is 2. The van der Waals surface area contributed by atoms with E-state index >= 15 is 0 Å². The lowest BCUT2D eigenvalue weighted by Gasteiger charge is -2.40. The number of carboxylic acid groups (broad SMARTS) is 1. The SMILES string of the molecule is C=CC(=O)O.C=CC(=O)OC.CCN(CC)C(=O)[C@@H]1C=C2c3cccc4[nH]cc(c34)C[C@H]2N(C)C1. The van der Waals surface area contributed by atoms with E-state index in [2.05, 4.69) is 79.1 Å². The molecule has 2 atom stereocenters.